The molecule has 4 nitrogen and oxygen atoms in total. The van der Waals surface area contributed by atoms with Crippen LogP contribution in [-0.4, -0.2) is 46.0 Å². The van der Waals surface area contributed by atoms with Crippen LogP contribution in [0.2, 0.25) is 0 Å². The van der Waals surface area contributed by atoms with Gasteiger partial charge in [0.05, 0.1) is 0 Å². The fourth-order valence-electron chi connectivity index (χ4n) is 1.18. The van der Waals surface area contributed by atoms with Crippen LogP contribution in [0.5, 0.6) is 0 Å². The Hall–Kier alpha value is -0.360. The molecule has 0 bridgehead atoms. The number of aliphatic carboxylic acids is 1. The SMILES string of the molecule is CC(C)(C(=O)O)C(=O)NCC1CSCCS1. The molecule has 0 radical (unpaired) electrons. The van der Waals surface area contributed by atoms with E-state index >= 15 is 0 Å². The Kier molecular flexibility index (Phi) is 4.98. The van der Waals surface area contributed by atoms with Gasteiger partial charge in [0.15, 0.2) is 0 Å². The van der Waals surface area contributed by atoms with E-state index in [0.717, 1.165) is 17.3 Å². The molecular weight excluding hydrogens is 246 g/mol. The van der Waals surface area contributed by atoms with Crippen molar-refractivity contribution in [3.05, 3.63) is 0 Å². The molecule has 92 valence electrons. The molecule has 1 saturated heterocycles. The van der Waals surface area contributed by atoms with Crippen LogP contribution in [0.4, 0.5) is 0 Å². The van der Waals surface area contributed by atoms with Gasteiger partial charge in [0.2, 0.25) is 5.91 Å². The van der Waals surface area contributed by atoms with E-state index in [9.17, 15) is 9.59 Å². The van der Waals surface area contributed by atoms with Crippen LogP contribution in [-0.2, 0) is 9.59 Å². The molecule has 0 aromatic carbocycles. The summed E-state index contributed by atoms with van der Waals surface area (Å²) in [5.74, 6) is 1.80. The predicted octanol–water partition coefficient (Wildman–Crippen LogP) is 1.06. The molecular formula is C10H17NO3S2. The Bertz CT molecular complexity index is 275. The summed E-state index contributed by atoms with van der Waals surface area (Å²) in [6.45, 7) is 3.41. The molecule has 1 atom stereocenters. The number of carboxylic acid groups (broad SMARTS) is 1. The first-order valence-electron chi connectivity index (χ1n) is 5.15. The maximum atomic E-state index is 11.6. The molecule has 1 rings (SSSR count). The van der Waals surface area contributed by atoms with Gasteiger partial charge in [-0.15, -0.1) is 0 Å². The molecule has 16 heavy (non-hydrogen) atoms. The van der Waals surface area contributed by atoms with Gasteiger partial charge in [-0.25, -0.2) is 0 Å². The molecule has 0 aromatic heterocycles. The first kappa shape index (κ1) is 13.7. The smallest absolute Gasteiger partial charge is 0.318 e. The van der Waals surface area contributed by atoms with E-state index in [1.54, 1.807) is 0 Å². The highest BCUT2D eigenvalue weighted by Crippen LogP contribution is 2.23. The van der Waals surface area contributed by atoms with Crippen molar-refractivity contribution in [1.29, 1.82) is 0 Å². The van der Waals surface area contributed by atoms with E-state index in [4.69, 9.17) is 5.11 Å². The van der Waals surface area contributed by atoms with Gasteiger partial charge >= 0.3 is 5.97 Å². The van der Waals surface area contributed by atoms with E-state index in [1.807, 2.05) is 23.5 Å². The fraction of sp³-hybridized carbons (Fsp3) is 0.800. The molecule has 0 aromatic rings. The third-order valence-electron chi connectivity index (χ3n) is 2.48. The van der Waals surface area contributed by atoms with Crippen LogP contribution in [0.1, 0.15) is 13.8 Å². The van der Waals surface area contributed by atoms with Crippen LogP contribution in [0, 0.1) is 5.41 Å². The topological polar surface area (TPSA) is 66.4 Å². The zero-order valence-corrected chi connectivity index (χ0v) is 11.1. The highest BCUT2D eigenvalue weighted by Gasteiger charge is 2.36. The highest BCUT2D eigenvalue weighted by atomic mass is 32.2. The number of thioether (sulfide) groups is 2. The van der Waals surface area contributed by atoms with Crippen LogP contribution in [0.25, 0.3) is 0 Å². The minimum Gasteiger partial charge on any atom is -0.480 e. The summed E-state index contributed by atoms with van der Waals surface area (Å²) in [5.41, 5.74) is -1.34. The summed E-state index contributed by atoms with van der Waals surface area (Å²) in [5, 5.41) is 12.0. The Morgan fingerprint density at radius 1 is 1.44 bits per heavy atom. The van der Waals surface area contributed by atoms with Crippen LogP contribution in [0.15, 0.2) is 0 Å². The monoisotopic (exact) mass is 263 g/mol. The van der Waals surface area contributed by atoms with Gasteiger partial charge in [0, 0.05) is 29.1 Å². The maximum absolute atomic E-state index is 11.6. The standard InChI is InChI=1S/C10H17NO3S2/c1-10(2,9(13)14)8(12)11-5-7-6-15-3-4-16-7/h7H,3-6H2,1-2H3,(H,11,12)(H,13,14). The van der Waals surface area contributed by atoms with Gasteiger partial charge in [-0.3, -0.25) is 9.59 Å². The molecule has 2 N–H and O–H groups in total. The molecule has 1 heterocycles. The minimum atomic E-state index is -1.34. The molecule has 1 aliphatic rings. The molecule has 1 aliphatic heterocycles. The molecule has 0 saturated carbocycles. The first-order chi connectivity index (χ1) is 7.44. The summed E-state index contributed by atoms with van der Waals surface area (Å²) >= 11 is 3.72. The van der Waals surface area contributed by atoms with Crippen LogP contribution in [0.3, 0.4) is 0 Å². The molecule has 1 amide bonds. The molecule has 0 spiro atoms. The van der Waals surface area contributed by atoms with Crippen molar-refractivity contribution in [2.45, 2.75) is 19.1 Å². The lowest BCUT2D eigenvalue weighted by Gasteiger charge is -2.24. The Morgan fingerprint density at radius 2 is 2.12 bits per heavy atom. The predicted molar refractivity (Wildman–Crippen MR) is 68.0 cm³/mol. The third kappa shape index (κ3) is 3.59. The minimum absolute atomic E-state index is 0.406. The van der Waals surface area contributed by atoms with Crippen molar-refractivity contribution in [3.8, 4) is 0 Å². The van der Waals surface area contributed by atoms with Crippen molar-refractivity contribution < 1.29 is 14.7 Å². The van der Waals surface area contributed by atoms with Gasteiger partial charge < -0.3 is 10.4 Å². The normalized spacial score (nSPS) is 21.5. The van der Waals surface area contributed by atoms with Crippen molar-refractivity contribution >= 4 is 35.4 Å². The highest BCUT2D eigenvalue weighted by molar-refractivity contribution is 8.06. The van der Waals surface area contributed by atoms with E-state index in [-0.39, 0.29) is 0 Å². The number of carbonyl (C=O) groups is 2. The second-order valence-corrected chi connectivity index (χ2v) is 6.77. The summed E-state index contributed by atoms with van der Waals surface area (Å²) in [7, 11) is 0. The van der Waals surface area contributed by atoms with E-state index < -0.39 is 17.3 Å². The van der Waals surface area contributed by atoms with E-state index in [1.165, 1.54) is 13.8 Å². The zero-order chi connectivity index (χ0) is 12.2. The zero-order valence-electron chi connectivity index (χ0n) is 9.49. The van der Waals surface area contributed by atoms with Gasteiger partial charge in [0.25, 0.3) is 0 Å². The van der Waals surface area contributed by atoms with Crippen molar-refractivity contribution in [3.63, 3.8) is 0 Å². The number of amides is 1. The van der Waals surface area contributed by atoms with Crippen LogP contribution >= 0.6 is 23.5 Å². The number of rotatable bonds is 4. The summed E-state index contributed by atoms with van der Waals surface area (Å²) in [6, 6.07) is 0. The van der Waals surface area contributed by atoms with Crippen molar-refractivity contribution in [2.75, 3.05) is 23.8 Å². The quantitative estimate of drug-likeness (QED) is 0.743. The van der Waals surface area contributed by atoms with Gasteiger partial charge in [-0.1, -0.05) is 0 Å². The maximum Gasteiger partial charge on any atom is 0.318 e. The number of hydrogen-bond donors (Lipinski definition) is 2. The third-order valence-corrected chi connectivity index (χ3v) is 5.32. The number of nitrogens with one attached hydrogen (secondary N) is 1. The number of hydrogen-bond acceptors (Lipinski definition) is 4. The lowest BCUT2D eigenvalue weighted by Crippen LogP contribution is -2.45. The van der Waals surface area contributed by atoms with Gasteiger partial charge in [-0.05, 0) is 13.8 Å². The average Bonchev–Trinajstić information content (AvgIpc) is 2.27. The lowest BCUT2D eigenvalue weighted by atomic mass is 9.93. The largest absolute Gasteiger partial charge is 0.480 e. The average molecular weight is 263 g/mol. The Labute approximate surface area is 104 Å². The Morgan fingerprint density at radius 3 is 2.62 bits per heavy atom. The van der Waals surface area contributed by atoms with Gasteiger partial charge in [0.1, 0.15) is 5.41 Å². The number of carboxylic acids is 1. The Balaban J connectivity index is 2.37. The summed E-state index contributed by atoms with van der Waals surface area (Å²) < 4.78 is 0. The molecule has 0 aliphatic carbocycles. The first-order valence-corrected chi connectivity index (χ1v) is 7.36. The van der Waals surface area contributed by atoms with Crippen molar-refractivity contribution in [2.24, 2.45) is 5.41 Å². The fourth-order valence-corrected chi connectivity index (χ4v) is 3.79. The second-order valence-electron chi connectivity index (χ2n) is 4.21. The summed E-state index contributed by atoms with van der Waals surface area (Å²) in [6.07, 6.45) is 0. The van der Waals surface area contributed by atoms with E-state index in [2.05, 4.69) is 5.32 Å². The number of carbonyl (C=O) groups excluding carboxylic acids is 1. The molecule has 1 unspecified atom stereocenters. The van der Waals surface area contributed by atoms with Crippen molar-refractivity contribution in [1.82, 2.24) is 5.32 Å². The second kappa shape index (κ2) is 5.82. The van der Waals surface area contributed by atoms with Crippen LogP contribution < -0.4 is 5.32 Å². The molecule has 6 heteroatoms. The lowest BCUT2D eigenvalue weighted by molar-refractivity contribution is -0.153. The molecule has 1 fully saturated rings. The summed E-state index contributed by atoms with van der Waals surface area (Å²) in [4.78, 5) is 22.5. The van der Waals surface area contributed by atoms with Gasteiger partial charge in [-0.2, -0.15) is 23.5 Å². The van der Waals surface area contributed by atoms with E-state index in [0.29, 0.717) is 11.8 Å².